The van der Waals surface area contributed by atoms with Gasteiger partial charge in [0.15, 0.2) is 0 Å². The van der Waals surface area contributed by atoms with Gasteiger partial charge in [-0.2, -0.15) is 13.2 Å². The van der Waals surface area contributed by atoms with Crippen molar-refractivity contribution in [3.05, 3.63) is 41.7 Å². The second-order valence-corrected chi connectivity index (χ2v) is 3.73. The molecule has 2 rings (SSSR count). The van der Waals surface area contributed by atoms with E-state index in [2.05, 4.69) is 4.98 Å². The number of hydrogen-bond acceptors (Lipinski definition) is 2. The summed E-state index contributed by atoms with van der Waals surface area (Å²) in [6.07, 6.45) is -3.68. The first-order chi connectivity index (χ1) is 8.39. The first kappa shape index (κ1) is 12.3. The monoisotopic (exact) mass is 255 g/mol. The summed E-state index contributed by atoms with van der Waals surface area (Å²) in [7, 11) is 0. The maximum atomic E-state index is 12.8. The Balaban J connectivity index is 2.69. The molecule has 1 heterocycles. The fourth-order valence-electron chi connectivity index (χ4n) is 1.80. The van der Waals surface area contributed by atoms with Crippen LogP contribution < -0.4 is 0 Å². The van der Waals surface area contributed by atoms with Crippen LogP contribution in [-0.4, -0.2) is 16.1 Å². The molecule has 0 aliphatic rings. The number of benzene rings is 1. The molecule has 6 heteroatoms. The predicted octanol–water partition coefficient (Wildman–Crippen LogP) is 2.88. The summed E-state index contributed by atoms with van der Waals surface area (Å²) in [5.41, 5.74) is -0.653. The summed E-state index contributed by atoms with van der Waals surface area (Å²) in [6, 6.07) is 4.89. The number of carbonyl (C=O) groups is 1. The summed E-state index contributed by atoms with van der Waals surface area (Å²) < 4.78 is 38.3. The van der Waals surface area contributed by atoms with Crippen molar-refractivity contribution < 1.29 is 23.1 Å². The minimum Gasteiger partial charge on any atom is -0.481 e. The molecule has 1 N–H and O–H groups in total. The van der Waals surface area contributed by atoms with Crippen LogP contribution in [0.15, 0.2) is 30.5 Å². The van der Waals surface area contributed by atoms with E-state index >= 15 is 0 Å². The van der Waals surface area contributed by atoms with Gasteiger partial charge in [-0.1, -0.05) is 12.1 Å². The van der Waals surface area contributed by atoms with Crippen molar-refractivity contribution in [2.45, 2.75) is 12.6 Å². The molecular formula is C12H8F3NO2. The Morgan fingerprint density at radius 1 is 1.22 bits per heavy atom. The molecule has 0 saturated heterocycles. The molecule has 1 aromatic carbocycles. The van der Waals surface area contributed by atoms with Gasteiger partial charge in [0.05, 0.1) is 17.7 Å². The summed E-state index contributed by atoms with van der Waals surface area (Å²) in [5, 5.41) is 8.88. The summed E-state index contributed by atoms with van der Waals surface area (Å²) in [6.45, 7) is 0. The van der Waals surface area contributed by atoms with Crippen LogP contribution in [0.3, 0.4) is 0 Å². The third kappa shape index (κ3) is 2.27. The van der Waals surface area contributed by atoms with Crippen molar-refractivity contribution in [3.63, 3.8) is 0 Å². The largest absolute Gasteiger partial charge is 0.481 e. The third-order valence-electron chi connectivity index (χ3n) is 2.51. The molecule has 0 spiro atoms. The maximum absolute atomic E-state index is 12.8. The molecule has 18 heavy (non-hydrogen) atoms. The highest BCUT2D eigenvalue weighted by Gasteiger charge is 2.32. The predicted molar refractivity (Wildman–Crippen MR) is 58.1 cm³/mol. The number of nitrogens with zero attached hydrogens (tertiary/aromatic N) is 1. The minimum atomic E-state index is -4.47. The Morgan fingerprint density at radius 3 is 2.56 bits per heavy atom. The van der Waals surface area contributed by atoms with E-state index in [-0.39, 0.29) is 16.5 Å². The highest BCUT2D eigenvalue weighted by Crippen LogP contribution is 2.35. The summed E-state index contributed by atoms with van der Waals surface area (Å²) in [4.78, 5) is 14.5. The van der Waals surface area contributed by atoms with Crippen LogP contribution in [0.1, 0.15) is 11.3 Å². The molecule has 0 amide bonds. The van der Waals surface area contributed by atoms with Crippen molar-refractivity contribution in [1.29, 1.82) is 0 Å². The summed E-state index contributed by atoms with van der Waals surface area (Å²) in [5.74, 6) is -1.13. The number of rotatable bonds is 2. The van der Waals surface area contributed by atoms with E-state index in [1.54, 1.807) is 0 Å². The lowest BCUT2D eigenvalue weighted by atomic mass is 10.0. The van der Waals surface area contributed by atoms with Crippen LogP contribution >= 0.6 is 0 Å². The van der Waals surface area contributed by atoms with Gasteiger partial charge in [0.2, 0.25) is 0 Å². The molecule has 0 unspecified atom stereocenters. The second-order valence-electron chi connectivity index (χ2n) is 3.73. The van der Waals surface area contributed by atoms with Gasteiger partial charge < -0.3 is 5.11 Å². The lowest BCUT2D eigenvalue weighted by Crippen LogP contribution is -2.08. The molecule has 2 aromatic rings. The minimum absolute atomic E-state index is 0.0312. The second kappa shape index (κ2) is 4.29. The fourth-order valence-corrected chi connectivity index (χ4v) is 1.80. The van der Waals surface area contributed by atoms with Crippen molar-refractivity contribution in [2.75, 3.05) is 0 Å². The number of pyridine rings is 1. The van der Waals surface area contributed by atoms with Gasteiger partial charge in [0.25, 0.3) is 0 Å². The average Bonchev–Trinajstić information content (AvgIpc) is 2.26. The smallest absolute Gasteiger partial charge is 0.417 e. The van der Waals surface area contributed by atoms with Gasteiger partial charge >= 0.3 is 12.1 Å². The van der Waals surface area contributed by atoms with E-state index in [9.17, 15) is 18.0 Å². The molecule has 0 bridgehead atoms. The van der Waals surface area contributed by atoms with E-state index < -0.39 is 24.1 Å². The van der Waals surface area contributed by atoms with Crippen LogP contribution in [-0.2, 0) is 17.4 Å². The Labute approximate surface area is 99.9 Å². The van der Waals surface area contributed by atoms with Crippen LogP contribution in [0.4, 0.5) is 13.2 Å². The van der Waals surface area contributed by atoms with Gasteiger partial charge in [0, 0.05) is 11.6 Å². The number of aromatic nitrogens is 1. The standard InChI is InChI=1S/C12H8F3NO2/c13-12(14,15)9-3-1-2-8-7(9)4-5-16-10(8)6-11(17)18/h1-5H,6H2,(H,17,18). The summed E-state index contributed by atoms with van der Waals surface area (Å²) >= 11 is 0. The van der Waals surface area contributed by atoms with Gasteiger partial charge in [-0.05, 0) is 17.5 Å². The van der Waals surface area contributed by atoms with Crippen molar-refractivity contribution >= 4 is 16.7 Å². The molecule has 0 saturated carbocycles. The number of hydrogen-bond donors (Lipinski definition) is 1. The van der Waals surface area contributed by atoms with E-state index in [0.29, 0.717) is 0 Å². The molecule has 94 valence electrons. The van der Waals surface area contributed by atoms with Gasteiger partial charge in [-0.25, -0.2) is 0 Å². The van der Waals surface area contributed by atoms with Crippen molar-refractivity contribution in [2.24, 2.45) is 0 Å². The Hall–Kier alpha value is -2.11. The number of halogens is 3. The van der Waals surface area contributed by atoms with Crippen molar-refractivity contribution in [3.8, 4) is 0 Å². The zero-order chi connectivity index (χ0) is 13.3. The quantitative estimate of drug-likeness (QED) is 0.897. The Bertz CT molecular complexity index is 608. The zero-order valence-electron chi connectivity index (χ0n) is 9.03. The van der Waals surface area contributed by atoms with Gasteiger partial charge in [-0.3, -0.25) is 9.78 Å². The van der Waals surface area contributed by atoms with E-state index in [0.717, 1.165) is 6.07 Å². The van der Waals surface area contributed by atoms with Crippen LogP contribution in [0.5, 0.6) is 0 Å². The first-order valence-corrected chi connectivity index (χ1v) is 5.05. The number of alkyl halides is 3. The molecule has 3 nitrogen and oxygen atoms in total. The zero-order valence-corrected chi connectivity index (χ0v) is 9.03. The number of carboxylic acid groups (broad SMARTS) is 1. The highest BCUT2D eigenvalue weighted by molar-refractivity contribution is 5.90. The lowest BCUT2D eigenvalue weighted by molar-refractivity contribution is -0.137. The molecule has 1 aromatic heterocycles. The third-order valence-corrected chi connectivity index (χ3v) is 2.51. The van der Waals surface area contributed by atoms with E-state index in [4.69, 9.17) is 5.11 Å². The topological polar surface area (TPSA) is 50.2 Å². The molecule has 0 fully saturated rings. The fraction of sp³-hybridized carbons (Fsp3) is 0.167. The highest BCUT2D eigenvalue weighted by atomic mass is 19.4. The van der Waals surface area contributed by atoms with Crippen LogP contribution in [0.2, 0.25) is 0 Å². The molecule has 0 aliphatic carbocycles. The first-order valence-electron chi connectivity index (χ1n) is 5.05. The van der Waals surface area contributed by atoms with E-state index in [1.807, 2.05) is 0 Å². The van der Waals surface area contributed by atoms with Crippen molar-refractivity contribution in [1.82, 2.24) is 4.98 Å². The molecular weight excluding hydrogens is 247 g/mol. The number of aliphatic carboxylic acids is 1. The number of fused-ring (bicyclic) bond motifs is 1. The van der Waals surface area contributed by atoms with Gasteiger partial charge in [0.1, 0.15) is 0 Å². The normalized spacial score (nSPS) is 11.7. The Morgan fingerprint density at radius 2 is 1.94 bits per heavy atom. The maximum Gasteiger partial charge on any atom is 0.417 e. The van der Waals surface area contributed by atoms with Crippen LogP contribution in [0, 0.1) is 0 Å². The Kier molecular flexibility index (Phi) is 2.94. The van der Waals surface area contributed by atoms with Gasteiger partial charge in [-0.15, -0.1) is 0 Å². The molecule has 0 radical (unpaired) electrons. The molecule has 0 atom stereocenters. The number of carboxylic acids is 1. The lowest BCUT2D eigenvalue weighted by Gasteiger charge is -2.11. The van der Waals surface area contributed by atoms with E-state index in [1.165, 1.54) is 24.4 Å². The SMILES string of the molecule is O=C(O)Cc1nccc2c(C(F)(F)F)cccc12. The van der Waals surface area contributed by atoms with Crippen LogP contribution in [0.25, 0.3) is 10.8 Å². The average molecular weight is 255 g/mol. The molecule has 0 aliphatic heterocycles.